The summed E-state index contributed by atoms with van der Waals surface area (Å²) in [6, 6.07) is 8.54. The standard InChI is InChI=1S/C17H21NOS/c1-11-9-13(7-8-14(11)19-2)17(18)16-10-12-5-3-4-6-15(12)20-16/h7-10,17H,3-6,18H2,1-2H3. The Balaban J connectivity index is 1.90. The second kappa shape index (κ2) is 5.58. The van der Waals surface area contributed by atoms with Crippen LogP contribution in [0.25, 0.3) is 0 Å². The average molecular weight is 287 g/mol. The first kappa shape index (κ1) is 13.7. The van der Waals surface area contributed by atoms with E-state index in [0.717, 1.165) is 11.3 Å². The van der Waals surface area contributed by atoms with Crippen LogP contribution < -0.4 is 10.5 Å². The first-order valence-corrected chi connectivity index (χ1v) is 8.02. The van der Waals surface area contributed by atoms with Gasteiger partial charge in [0.05, 0.1) is 13.2 Å². The molecule has 0 fully saturated rings. The molecule has 1 unspecified atom stereocenters. The molecule has 1 aliphatic carbocycles. The molecule has 106 valence electrons. The van der Waals surface area contributed by atoms with Crippen molar-refractivity contribution >= 4 is 11.3 Å². The number of rotatable bonds is 3. The van der Waals surface area contributed by atoms with E-state index in [1.165, 1.54) is 41.7 Å². The Bertz CT molecular complexity index is 594. The van der Waals surface area contributed by atoms with Crippen LogP contribution in [0.15, 0.2) is 24.3 Å². The first-order chi connectivity index (χ1) is 9.69. The van der Waals surface area contributed by atoms with Crippen LogP contribution in [-0.2, 0) is 12.8 Å². The molecular weight excluding hydrogens is 266 g/mol. The lowest BCUT2D eigenvalue weighted by Gasteiger charge is -2.12. The van der Waals surface area contributed by atoms with Gasteiger partial charge >= 0.3 is 0 Å². The van der Waals surface area contributed by atoms with E-state index in [4.69, 9.17) is 10.5 Å². The summed E-state index contributed by atoms with van der Waals surface area (Å²) in [7, 11) is 1.70. The molecule has 2 N–H and O–H groups in total. The normalized spacial score (nSPS) is 15.8. The molecule has 20 heavy (non-hydrogen) atoms. The molecule has 2 aromatic rings. The summed E-state index contributed by atoms with van der Waals surface area (Å²) in [5, 5.41) is 0. The minimum Gasteiger partial charge on any atom is -0.496 e. The van der Waals surface area contributed by atoms with Gasteiger partial charge in [0.2, 0.25) is 0 Å². The van der Waals surface area contributed by atoms with Crippen LogP contribution in [-0.4, -0.2) is 7.11 Å². The molecule has 0 saturated carbocycles. The maximum atomic E-state index is 6.46. The lowest BCUT2D eigenvalue weighted by Crippen LogP contribution is -2.10. The summed E-state index contributed by atoms with van der Waals surface area (Å²) in [6.45, 7) is 2.06. The zero-order valence-electron chi connectivity index (χ0n) is 12.1. The van der Waals surface area contributed by atoms with Gasteiger partial charge in [-0.05, 0) is 61.4 Å². The molecule has 3 heteroatoms. The van der Waals surface area contributed by atoms with Crippen LogP contribution >= 0.6 is 11.3 Å². The molecule has 1 atom stereocenters. The molecule has 2 nitrogen and oxygen atoms in total. The van der Waals surface area contributed by atoms with Crippen molar-refractivity contribution in [2.24, 2.45) is 5.73 Å². The SMILES string of the molecule is COc1ccc(C(N)c2cc3c(s2)CCCC3)cc1C. The van der Waals surface area contributed by atoms with Crippen molar-refractivity contribution in [2.75, 3.05) is 7.11 Å². The summed E-state index contributed by atoms with van der Waals surface area (Å²) < 4.78 is 5.31. The van der Waals surface area contributed by atoms with Crippen molar-refractivity contribution < 1.29 is 4.74 Å². The second-order valence-corrected chi connectivity index (χ2v) is 6.68. The van der Waals surface area contributed by atoms with Crippen LogP contribution in [0.2, 0.25) is 0 Å². The van der Waals surface area contributed by atoms with Gasteiger partial charge in [0.15, 0.2) is 0 Å². The summed E-state index contributed by atoms with van der Waals surface area (Å²) in [4.78, 5) is 2.84. The zero-order chi connectivity index (χ0) is 14.1. The van der Waals surface area contributed by atoms with Gasteiger partial charge in [-0.3, -0.25) is 0 Å². The third-order valence-electron chi connectivity index (χ3n) is 4.10. The molecule has 0 radical (unpaired) electrons. The van der Waals surface area contributed by atoms with Crippen LogP contribution in [0.3, 0.4) is 0 Å². The van der Waals surface area contributed by atoms with E-state index in [2.05, 4.69) is 25.1 Å². The van der Waals surface area contributed by atoms with E-state index < -0.39 is 0 Å². The largest absolute Gasteiger partial charge is 0.496 e. The van der Waals surface area contributed by atoms with Crippen LogP contribution in [0.5, 0.6) is 5.75 Å². The monoisotopic (exact) mass is 287 g/mol. The van der Waals surface area contributed by atoms with E-state index in [1.54, 1.807) is 12.0 Å². The smallest absolute Gasteiger partial charge is 0.121 e. The quantitative estimate of drug-likeness (QED) is 0.926. The van der Waals surface area contributed by atoms with Gasteiger partial charge in [-0.25, -0.2) is 0 Å². The van der Waals surface area contributed by atoms with Crippen molar-refractivity contribution in [1.82, 2.24) is 0 Å². The second-order valence-electron chi connectivity index (χ2n) is 5.51. The molecular formula is C17H21NOS. The van der Waals surface area contributed by atoms with E-state index in [9.17, 15) is 0 Å². The number of hydrogen-bond acceptors (Lipinski definition) is 3. The van der Waals surface area contributed by atoms with Crippen molar-refractivity contribution in [2.45, 2.75) is 38.6 Å². The summed E-state index contributed by atoms with van der Waals surface area (Å²) in [6.07, 6.45) is 5.10. The molecule has 0 spiro atoms. The third kappa shape index (κ3) is 2.48. The number of nitrogens with two attached hydrogens (primary N) is 1. The lowest BCUT2D eigenvalue weighted by atomic mass is 9.97. The highest BCUT2D eigenvalue weighted by Gasteiger charge is 2.18. The highest BCUT2D eigenvalue weighted by atomic mass is 32.1. The average Bonchev–Trinajstić information content (AvgIpc) is 2.90. The number of fused-ring (bicyclic) bond motifs is 1. The van der Waals surface area contributed by atoms with Gasteiger partial charge < -0.3 is 10.5 Å². The Morgan fingerprint density at radius 3 is 2.70 bits per heavy atom. The third-order valence-corrected chi connectivity index (χ3v) is 5.42. The maximum Gasteiger partial charge on any atom is 0.121 e. The van der Waals surface area contributed by atoms with Crippen molar-refractivity contribution in [3.05, 3.63) is 50.7 Å². The summed E-state index contributed by atoms with van der Waals surface area (Å²) >= 11 is 1.90. The Morgan fingerprint density at radius 1 is 1.20 bits per heavy atom. The highest BCUT2D eigenvalue weighted by molar-refractivity contribution is 7.12. The molecule has 0 bridgehead atoms. The minimum atomic E-state index is -0.0183. The van der Waals surface area contributed by atoms with E-state index in [0.29, 0.717) is 0 Å². The molecule has 0 amide bonds. The fourth-order valence-corrected chi connectivity index (χ4v) is 4.21. The van der Waals surface area contributed by atoms with Crippen LogP contribution in [0, 0.1) is 6.92 Å². The van der Waals surface area contributed by atoms with Gasteiger partial charge in [0, 0.05) is 9.75 Å². The van der Waals surface area contributed by atoms with Gasteiger partial charge in [-0.1, -0.05) is 12.1 Å². The van der Waals surface area contributed by atoms with E-state index in [-0.39, 0.29) is 6.04 Å². The summed E-state index contributed by atoms with van der Waals surface area (Å²) in [5.74, 6) is 0.923. The van der Waals surface area contributed by atoms with Crippen molar-refractivity contribution in [1.29, 1.82) is 0 Å². The van der Waals surface area contributed by atoms with Crippen LogP contribution in [0.1, 0.15) is 45.3 Å². The minimum absolute atomic E-state index is 0.0183. The van der Waals surface area contributed by atoms with E-state index in [1.807, 2.05) is 17.4 Å². The molecule has 0 aliphatic heterocycles. The van der Waals surface area contributed by atoms with Gasteiger partial charge in [0.25, 0.3) is 0 Å². The van der Waals surface area contributed by atoms with Gasteiger partial charge in [-0.15, -0.1) is 11.3 Å². The number of benzene rings is 1. The fraction of sp³-hybridized carbons (Fsp3) is 0.412. The topological polar surface area (TPSA) is 35.2 Å². The molecule has 0 saturated heterocycles. The van der Waals surface area contributed by atoms with Crippen molar-refractivity contribution in [3.8, 4) is 5.75 Å². The van der Waals surface area contributed by atoms with E-state index >= 15 is 0 Å². The first-order valence-electron chi connectivity index (χ1n) is 7.20. The van der Waals surface area contributed by atoms with Crippen LogP contribution in [0.4, 0.5) is 0 Å². The number of thiophene rings is 1. The Kier molecular flexibility index (Phi) is 3.81. The molecule has 1 heterocycles. The molecule has 1 aromatic carbocycles. The number of ether oxygens (including phenoxy) is 1. The Morgan fingerprint density at radius 2 is 2.00 bits per heavy atom. The summed E-state index contributed by atoms with van der Waals surface area (Å²) in [5.41, 5.74) is 10.3. The number of methoxy groups -OCH3 is 1. The molecule has 3 rings (SSSR count). The predicted molar refractivity (Wildman–Crippen MR) is 84.7 cm³/mol. The fourth-order valence-electron chi connectivity index (χ4n) is 2.93. The van der Waals surface area contributed by atoms with Gasteiger partial charge in [-0.2, -0.15) is 0 Å². The Labute approximate surface area is 124 Å². The number of hydrogen-bond donors (Lipinski definition) is 1. The number of aryl methyl sites for hydroxylation is 3. The highest BCUT2D eigenvalue weighted by Crippen LogP contribution is 2.35. The van der Waals surface area contributed by atoms with Gasteiger partial charge in [0.1, 0.15) is 5.75 Å². The van der Waals surface area contributed by atoms with Crippen molar-refractivity contribution in [3.63, 3.8) is 0 Å². The predicted octanol–water partition coefficient (Wildman–Crippen LogP) is 3.99. The lowest BCUT2D eigenvalue weighted by molar-refractivity contribution is 0.411. The maximum absolute atomic E-state index is 6.46. The molecule has 1 aliphatic rings. The zero-order valence-corrected chi connectivity index (χ0v) is 12.9. The molecule has 1 aromatic heterocycles. The Hall–Kier alpha value is -1.32.